The van der Waals surface area contributed by atoms with E-state index in [1.54, 1.807) is 7.11 Å². The number of rotatable bonds is 5. The zero-order chi connectivity index (χ0) is 21.6. The lowest BCUT2D eigenvalue weighted by Crippen LogP contribution is -2.20. The number of pyridine rings is 1. The zero-order valence-electron chi connectivity index (χ0n) is 17.0. The van der Waals surface area contributed by atoms with Crippen LogP contribution in [0.4, 0.5) is 0 Å². The molecule has 31 heavy (non-hydrogen) atoms. The van der Waals surface area contributed by atoms with Crippen LogP contribution in [0.25, 0.3) is 11.4 Å². The Morgan fingerprint density at radius 1 is 1.19 bits per heavy atom. The van der Waals surface area contributed by atoms with Crippen LogP contribution in [0.15, 0.2) is 49.1 Å². The van der Waals surface area contributed by atoms with E-state index in [0.29, 0.717) is 29.8 Å². The Labute approximate surface area is 179 Å². The minimum absolute atomic E-state index is 0.195. The Kier molecular flexibility index (Phi) is 6.32. The van der Waals surface area contributed by atoms with E-state index in [4.69, 9.17) is 28.8 Å². The number of aromatic nitrogens is 3. The highest BCUT2D eigenvalue weighted by atomic mass is 16.7. The molecule has 0 spiro atoms. The monoisotopic (exact) mass is 425 g/mol. The van der Waals surface area contributed by atoms with Crippen molar-refractivity contribution in [3.63, 3.8) is 0 Å². The highest BCUT2D eigenvalue weighted by Crippen LogP contribution is 2.43. The largest absolute Gasteiger partial charge is 0.496 e. The quantitative estimate of drug-likeness (QED) is 0.622. The van der Waals surface area contributed by atoms with E-state index >= 15 is 0 Å². The second kappa shape index (κ2) is 9.48. The first-order chi connectivity index (χ1) is 15.2. The molecule has 5 rings (SSSR count). The number of nitrogens with zero attached hydrogens (tertiary/aromatic N) is 3. The van der Waals surface area contributed by atoms with Gasteiger partial charge in [0.2, 0.25) is 6.79 Å². The molecule has 9 heteroatoms. The first kappa shape index (κ1) is 20.7. The maximum atomic E-state index is 8.36. The molecule has 162 valence electrons. The molecular weight excluding hydrogens is 402 g/mol. The third-order valence-electron chi connectivity index (χ3n) is 5.37. The Morgan fingerprint density at radius 2 is 1.94 bits per heavy atom. The van der Waals surface area contributed by atoms with Gasteiger partial charge in [-0.1, -0.05) is 0 Å². The third kappa shape index (κ3) is 4.31. The zero-order valence-corrected chi connectivity index (χ0v) is 17.0. The van der Waals surface area contributed by atoms with Crippen molar-refractivity contribution < 1.29 is 28.8 Å². The van der Waals surface area contributed by atoms with Crippen molar-refractivity contribution in [1.82, 2.24) is 14.5 Å². The van der Waals surface area contributed by atoms with Gasteiger partial charge >= 0.3 is 0 Å². The van der Waals surface area contributed by atoms with E-state index in [0.717, 1.165) is 24.4 Å². The van der Waals surface area contributed by atoms with E-state index < -0.39 is 0 Å². The highest BCUT2D eigenvalue weighted by molar-refractivity contribution is 5.70. The minimum Gasteiger partial charge on any atom is -0.496 e. The topological polar surface area (TPSA) is 105 Å². The van der Waals surface area contributed by atoms with E-state index in [9.17, 15) is 0 Å². The number of ether oxygens (including phenoxy) is 4. The lowest BCUT2D eigenvalue weighted by Gasteiger charge is -2.22. The van der Waals surface area contributed by atoms with Gasteiger partial charge < -0.3 is 28.6 Å². The summed E-state index contributed by atoms with van der Waals surface area (Å²) < 4.78 is 24.7. The molecule has 0 amide bonds. The normalized spacial score (nSPS) is 18.9. The molecule has 1 fully saturated rings. The molecule has 0 bridgehead atoms. The molecular formula is C22H23N3O6. The predicted octanol–water partition coefficient (Wildman–Crippen LogP) is 2.81. The Morgan fingerprint density at radius 3 is 2.68 bits per heavy atom. The summed E-state index contributed by atoms with van der Waals surface area (Å²) in [5.41, 5.74) is 2.14. The molecule has 2 atom stereocenters. The fourth-order valence-electron chi connectivity index (χ4n) is 3.97. The van der Waals surface area contributed by atoms with Gasteiger partial charge in [0.15, 0.2) is 11.5 Å². The molecule has 0 unspecified atom stereocenters. The summed E-state index contributed by atoms with van der Waals surface area (Å²) in [5, 5.41) is 6.89. The maximum absolute atomic E-state index is 8.36. The van der Waals surface area contributed by atoms with E-state index in [-0.39, 0.29) is 19.3 Å². The van der Waals surface area contributed by atoms with Gasteiger partial charge in [0.25, 0.3) is 6.47 Å². The number of hydrogen-bond donors (Lipinski definition) is 1. The van der Waals surface area contributed by atoms with Crippen molar-refractivity contribution in [2.75, 3.05) is 27.1 Å². The fourth-order valence-corrected chi connectivity index (χ4v) is 3.97. The molecule has 2 aromatic heterocycles. The van der Waals surface area contributed by atoms with E-state index in [2.05, 4.69) is 26.7 Å². The fraction of sp³-hybridized carbons (Fsp3) is 0.318. The number of hydrogen-bond acceptors (Lipinski definition) is 7. The Hall–Kier alpha value is -3.59. The SMILES string of the molecule is COc1cc2c(cc1-c1nccn1[C@@H]1COC[C@@H]1Cc1ccncc1)OCO2.O=CO. The summed E-state index contributed by atoms with van der Waals surface area (Å²) in [6, 6.07) is 8.11. The predicted molar refractivity (Wildman–Crippen MR) is 110 cm³/mol. The third-order valence-corrected chi connectivity index (χ3v) is 5.37. The molecule has 2 aliphatic rings. The van der Waals surface area contributed by atoms with Crippen LogP contribution in [-0.4, -0.2) is 53.2 Å². The van der Waals surface area contributed by atoms with Crippen molar-refractivity contribution in [2.24, 2.45) is 5.92 Å². The molecule has 4 heterocycles. The van der Waals surface area contributed by atoms with Crippen LogP contribution < -0.4 is 14.2 Å². The number of methoxy groups -OCH3 is 1. The number of carboxylic acid groups (broad SMARTS) is 1. The average molecular weight is 425 g/mol. The van der Waals surface area contributed by atoms with Gasteiger partial charge in [0.1, 0.15) is 11.6 Å². The van der Waals surface area contributed by atoms with Crippen LogP contribution in [0.3, 0.4) is 0 Å². The minimum atomic E-state index is -0.250. The second-order valence-electron chi connectivity index (χ2n) is 7.09. The molecule has 9 nitrogen and oxygen atoms in total. The number of fused-ring (bicyclic) bond motifs is 1. The molecule has 0 aliphatic carbocycles. The van der Waals surface area contributed by atoms with Crippen molar-refractivity contribution in [3.8, 4) is 28.6 Å². The van der Waals surface area contributed by atoms with Gasteiger partial charge in [-0.3, -0.25) is 9.78 Å². The lowest BCUT2D eigenvalue weighted by molar-refractivity contribution is -0.122. The van der Waals surface area contributed by atoms with Crippen LogP contribution in [0.1, 0.15) is 11.6 Å². The first-order valence-electron chi connectivity index (χ1n) is 9.80. The van der Waals surface area contributed by atoms with Crippen LogP contribution in [-0.2, 0) is 16.0 Å². The standard InChI is InChI=1S/C21H21N3O4.CH2O2/c1-25-18-10-20-19(27-13-28-20)9-16(18)21-23-6-7-24(21)17-12-26-11-15(17)8-14-2-4-22-5-3-14;2-1-3/h2-7,9-10,15,17H,8,11-13H2,1H3;1H,(H,2,3)/t15-,17+;/m0./s1. The number of carbonyl (C=O) groups is 1. The maximum Gasteiger partial charge on any atom is 0.290 e. The number of imidazole rings is 1. The van der Waals surface area contributed by atoms with Crippen LogP contribution in [0.5, 0.6) is 17.2 Å². The second-order valence-corrected chi connectivity index (χ2v) is 7.09. The van der Waals surface area contributed by atoms with Gasteiger partial charge in [-0.15, -0.1) is 0 Å². The van der Waals surface area contributed by atoms with Gasteiger partial charge in [0.05, 0.1) is 31.9 Å². The van der Waals surface area contributed by atoms with Gasteiger partial charge in [-0.05, 0) is 30.2 Å². The highest BCUT2D eigenvalue weighted by Gasteiger charge is 2.32. The molecule has 1 saturated heterocycles. The molecule has 1 aromatic carbocycles. The Balaban J connectivity index is 0.000000730. The van der Waals surface area contributed by atoms with Crippen LogP contribution >= 0.6 is 0 Å². The molecule has 2 aliphatic heterocycles. The van der Waals surface area contributed by atoms with Gasteiger partial charge in [-0.2, -0.15) is 0 Å². The Bertz CT molecular complexity index is 1020. The van der Waals surface area contributed by atoms with Gasteiger partial charge in [0, 0.05) is 36.8 Å². The molecule has 0 radical (unpaired) electrons. The van der Waals surface area contributed by atoms with Crippen molar-refractivity contribution in [2.45, 2.75) is 12.5 Å². The smallest absolute Gasteiger partial charge is 0.290 e. The summed E-state index contributed by atoms with van der Waals surface area (Å²) in [4.78, 5) is 17.1. The van der Waals surface area contributed by atoms with Crippen molar-refractivity contribution >= 4 is 6.47 Å². The van der Waals surface area contributed by atoms with Crippen molar-refractivity contribution in [3.05, 3.63) is 54.6 Å². The summed E-state index contributed by atoms with van der Waals surface area (Å²) in [5.74, 6) is 3.31. The van der Waals surface area contributed by atoms with Crippen LogP contribution in [0.2, 0.25) is 0 Å². The molecule has 3 aromatic rings. The summed E-state index contributed by atoms with van der Waals surface area (Å²) in [6.45, 7) is 1.36. The van der Waals surface area contributed by atoms with E-state index in [1.165, 1.54) is 5.56 Å². The van der Waals surface area contributed by atoms with Gasteiger partial charge in [-0.25, -0.2) is 4.98 Å². The summed E-state index contributed by atoms with van der Waals surface area (Å²) in [6.07, 6.45) is 8.43. The molecule has 0 saturated carbocycles. The lowest BCUT2D eigenvalue weighted by atomic mass is 9.95. The number of benzene rings is 1. The summed E-state index contributed by atoms with van der Waals surface area (Å²) >= 11 is 0. The first-order valence-corrected chi connectivity index (χ1v) is 9.80. The van der Waals surface area contributed by atoms with Crippen molar-refractivity contribution in [1.29, 1.82) is 0 Å². The van der Waals surface area contributed by atoms with E-state index in [1.807, 2.05) is 36.9 Å². The van der Waals surface area contributed by atoms with Crippen LogP contribution in [0, 0.1) is 5.92 Å². The average Bonchev–Trinajstić information content (AvgIpc) is 3.54. The molecule has 1 N–H and O–H groups in total. The summed E-state index contributed by atoms with van der Waals surface area (Å²) in [7, 11) is 1.65.